The number of aromatic nitrogens is 4. The van der Waals surface area contributed by atoms with Crippen molar-refractivity contribution in [2.24, 2.45) is 0 Å². The molecule has 0 bridgehead atoms. The second-order valence-corrected chi connectivity index (χ2v) is 12.8. The molecule has 0 N–H and O–H groups in total. The van der Waals surface area contributed by atoms with Crippen LogP contribution < -0.4 is 0 Å². The molecule has 11 rings (SSSR count). The van der Waals surface area contributed by atoms with Crippen LogP contribution in [0.1, 0.15) is 0 Å². The second kappa shape index (κ2) is 10.7. The Morgan fingerprint density at radius 3 is 1.76 bits per heavy atom. The smallest absolute Gasteiger partial charge is 0.164 e. The maximum atomic E-state index is 6.61. The third-order valence-corrected chi connectivity index (χ3v) is 9.85. The van der Waals surface area contributed by atoms with Crippen LogP contribution in [0.3, 0.4) is 0 Å². The van der Waals surface area contributed by atoms with Gasteiger partial charge in [0.05, 0.1) is 27.5 Å². The molecule has 238 valence electrons. The molecule has 0 amide bonds. The fourth-order valence-corrected chi connectivity index (χ4v) is 7.56. The molecule has 0 saturated heterocycles. The van der Waals surface area contributed by atoms with Crippen LogP contribution in [0.5, 0.6) is 0 Å². The van der Waals surface area contributed by atoms with Crippen LogP contribution in [0, 0.1) is 0 Å². The summed E-state index contributed by atoms with van der Waals surface area (Å²) in [5.41, 5.74) is 9.29. The summed E-state index contributed by atoms with van der Waals surface area (Å²) >= 11 is 0. The average molecular weight is 655 g/mol. The molecule has 6 heteroatoms. The highest BCUT2D eigenvalue weighted by atomic mass is 16.3. The zero-order valence-corrected chi connectivity index (χ0v) is 27.1. The van der Waals surface area contributed by atoms with Crippen molar-refractivity contribution in [2.45, 2.75) is 0 Å². The number of fused-ring (bicyclic) bond motifs is 10. The van der Waals surface area contributed by atoms with Crippen molar-refractivity contribution in [2.75, 3.05) is 0 Å². The van der Waals surface area contributed by atoms with Crippen LogP contribution in [0.15, 0.2) is 167 Å². The van der Waals surface area contributed by atoms with E-state index >= 15 is 0 Å². The van der Waals surface area contributed by atoms with Gasteiger partial charge in [-0.3, -0.25) is 0 Å². The lowest BCUT2D eigenvalue weighted by Crippen LogP contribution is -2.00. The summed E-state index contributed by atoms with van der Waals surface area (Å²) < 4.78 is 15.5. The average Bonchev–Trinajstić information content (AvgIpc) is 3.87. The quantitative estimate of drug-likeness (QED) is 0.189. The van der Waals surface area contributed by atoms with E-state index in [1.165, 1.54) is 0 Å². The molecular weight excluding hydrogens is 629 g/mol. The van der Waals surface area contributed by atoms with Gasteiger partial charge in [-0.2, -0.15) is 0 Å². The van der Waals surface area contributed by atoms with Gasteiger partial charge in [0.15, 0.2) is 17.5 Å². The Morgan fingerprint density at radius 1 is 0.373 bits per heavy atom. The molecule has 0 aliphatic heterocycles. The molecule has 51 heavy (non-hydrogen) atoms. The number of nitrogens with zero attached hydrogens (tertiary/aromatic N) is 4. The van der Waals surface area contributed by atoms with Crippen molar-refractivity contribution in [3.8, 4) is 39.9 Å². The first kappa shape index (κ1) is 27.9. The number of hydrogen-bond donors (Lipinski definition) is 0. The van der Waals surface area contributed by atoms with Crippen LogP contribution in [0.2, 0.25) is 0 Å². The number of hydrogen-bond acceptors (Lipinski definition) is 5. The van der Waals surface area contributed by atoms with Gasteiger partial charge in [-0.25, -0.2) is 15.0 Å². The minimum absolute atomic E-state index is 0.586. The highest BCUT2D eigenvalue weighted by Gasteiger charge is 2.22. The highest BCUT2D eigenvalue weighted by molar-refractivity contribution is 6.24. The molecular formula is C45H26N4O2. The Kier molecular flexibility index (Phi) is 5.86. The Bertz CT molecular complexity index is 3080. The molecule has 6 nitrogen and oxygen atoms in total. The highest BCUT2D eigenvalue weighted by Crippen LogP contribution is 2.43. The summed E-state index contributed by atoms with van der Waals surface area (Å²) in [5, 5.41) is 6.53. The van der Waals surface area contributed by atoms with Crippen LogP contribution in [-0.4, -0.2) is 19.5 Å². The molecule has 0 unspecified atom stereocenters. The molecule has 4 heterocycles. The Morgan fingerprint density at radius 2 is 1.00 bits per heavy atom. The number of furan rings is 2. The number of para-hydroxylation sites is 2. The fourth-order valence-electron chi connectivity index (χ4n) is 7.56. The number of rotatable bonds is 4. The first-order valence-corrected chi connectivity index (χ1v) is 16.9. The Labute approximate surface area is 290 Å². The molecule has 0 spiro atoms. The Balaban J connectivity index is 1.13. The summed E-state index contributed by atoms with van der Waals surface area (Å²) in [5.74, 6) is 1.83. The van der Waals surface area contributed by atoms with Crippen LogP contribution in [-0.2, 0) is 0 Å². The summed E-state index contributed by atoms with van der Waals surface area (Å²) in [7, 11) is 0. The molecule has 7 aromatic carbocycles. The van der Waals surface area contributed by atoms with E-state index in [1.54, 1.807) is 0 Å². The zero-order chi connectivity index (χ0) is 33.5. The van der Waals surface area contributed by atoms with Gasteiger partial charge in [-0.15, -0.1) is 0 Å². The topological polar surface area (TPSA) is 69.9 Å². The van der Waals surface area contributed by atoms with E-state index in [1.807, 2.05) is 84.9 Å². The molecule has 0 fully saturated rings. The van der Waals surface area contributed by atoms with Gasteiger partial charge in [-0.1, -0.05) is 109 Å². The van der Waals surface area contributed by atoms with Crippen molar-refractivity contribution in [1.29, 1.82) is 0 Å². The van der Waals surface area contributed by atoms with E-state index in [0.29, 0.717) is 17.5 Å². The first-order chi connectivity index (χ1) is 25.3. The van der Waals surface area contributed by atoms with Crippen molar-refractivity contribution >= 4 is 65.7 Å². The van der Waals surface area contributed by atoms with E-state index in [-0.39, 0.29) is 0 Å². The van der Waals surface area contributed by atoms with Crippen molar-refractivity contribution in [3.05, 3.63) is 158 Å². The minimum atomic E-state index is 0.586. The normalized spacial score (nSPS) is 11.9. The van der Waals surface area contributed by atoms with E-state index in [2.05, 4.69) is 77.4 Å². The molecule has 0 aliphatic carbocycles. The van der Waals surface area contributed by atoms with Gasteiger partial charge < -0.3 is 13.4 Å². The predicted octanol–water partition coefficient (Wildman–Crippen LogP) is 11.8. The van der Waals surface area contributed by atoms with E-state index < -0.39 is 0 Å². The summed E-state index contributed by atoms with van der Waals surface area (Å²) in [6, 6.07) is 53.8. The van der Waals surface area contributed by atoms with Crippen molar-refractivity contribution in [3.63, 3.8) is 0 Å². The summed E-state index contributed by atoms with van der Waals surface area (Å²) in [6.07, 6.45) is 0. The molecule has 0 aliphatic rings. The third-order valence-electron chi connectivity index (χ3n) is 9.85. The van der Waals surface area contributed by atoms with E-state index in [4.69, 9.17) is 23.8 Å². The van der Waals surface area contributed by atoms with Gasteiger partial charge in [0.1, 0.15) is 22.3 Å². The Hall–Kier alpha value is -7.05. The van der Waals surface area contributed by atoms with Crippen molar-refractivity contribution < 1.29 is 8.83 Å². The zero-order valence-electron chi connectivity index (χ0n) is 27.1. The summed E-state index contributed by atoms with van der Waals surface area (Å²) in [6.45, 7) is 0. The van der Waals surface area contributed by atoms with E-state index in [0.717, 1.165) is 88.1 Å². The second-order valence-electron chi connectivity index (χ2n) is 12.8. The van der Waals surface area contributed by atoms with Crippen LogP contribution >= 0.6 is 0 Å². The maximum Gasteiger partial charge on any atom is 0.164 e. The standard InChI is InChI=1S/C45H26N4O2/c1-3-12-27(13-4-1)43-46-44(28-14-5-2-6-15-28)48-45(47-43)29-22-23-33-39(26-29)50-38-21-11-19-35(40(33)38)49-34-18-9-7-17-32(34)41-36(49)25-24-31-30-16-8-10-20-37(30)51-42(31)41/h1-26H. The first-order valence-electron chi connectivity index (χ1n) is 16.9. The molecule has 0 atom stereocenters. The minimum Gasteiger partial charge on any atom is -0.456 e. The number of benzene rings is 7. The SMILES string of the molecule is c1ccc(-c2nc(-c3ccccc3)nc(-c3ccc4c(c3)oc3cccc(-n5c6ccccc6c6c7oc8ccccc8c7ccc65)c34)n2)cc1. The predicted molar refractivity (Wildman–Crippen MR) is 205 cm³/mol. The van der Waals surface area contributed by atoms with Crippen molar-refractivity contribution in [1.82, 2.24) is 19.5 Å². The lowest BCUT2D eigenvalue weighted by Gasteiger charge is -2.10. The van der Waals surface area contributed by atoms with Gasteiger partial charge in [0, 0.05) is 38.2 Å². The largest absolute Gasteiger partial charge is 0.456 e. The molecule has 0 saturated carbocycles. The molecule has 4 aromatic heterocycles. The summed E-state index contributed by atoms with van der Waals surface area (Å²) in [4.78, 5) is 14.8. The monoisotopic (exact) mass is 654 g/mol. The van der Waals surface area contributed by atoms with E-state index in [9.17, 15) is 0 Å². The third kappa shape index (κ3) is 4.20. The van der Waals surface area contributed by atoms with Crippen LogP contribution in [0.4, 0.5) is 0 Å². The van der Waals surface area contributed by atoms with Gasteiger partial charge >= 0.3 is 0 Å². The lowest BCUT2D eigenvalue weighted by atomic mass is 10.1. The maximum absolute atomic E-state index is 6.61. The van der Waals surface area contributed by atoms with Crippen LogP contribution in [0.25, 0.3) is 106 Å². The fraction of sp³-hybridized carbons (Fsp3) is 0. The lowest BCUT2D eigenvalue weighted by molar-refractivity contribution is 0.669. The van der Waals surface area contributed by atoms with Gasteiger partial charge in [0.25, 0.3) is 0 Å². The molecule has 11 aromatic rings. The van der Waals surface area contributed by atoms with Gasteiger partial charge in [-0.05, 0) is 48.5 Å². The van der Waals surface area contributed by atoms with Gasteiger partial charge in [0.2, 0.25) is 0 Å². The molecule has 0 radical (unpaired) electrons.